The fourth-order valence-electron chi connectivity index (χ4n) is 1.19. The molecule has 0 aliphatic carbocycles. The van der Waals surface area contributed by atoms with Gasteiger partial charge in [0.1, 0.15) is 11.9 Å². The maximum atomic E-state index is 12.7. The van der Waals surface area contributed by atoms with Crippen molar-refractivity contribution >= 4 is 18.3 Å². The van der Waals surface area contributed by atoms with Crippen LogP contribution in [0, 0.1) is 5.82 Å². The number of nitrogens with zero attached hydrogens (tertiary/aromatic N) is 1. The van der Waals surface area contributed by atoms with E-state index in [1.807, 2.05) is 0 Å². The molecule has 0 amide bonds. The normalized spacial score (nSPS) is 14.9. The van der Waals surface area contributed by atoms with Gasteiger partial charge in [0.25, 0.3) is 0 Å². The number of aliphatic hydroxyl groups excluding tert-OH is 2. The number of nitrogen functional groups attached to an aromatic ring is 1. The number of hydrogen-bond donors (Lipinski definition) is 4. The fraction of sp³-hybridized carbons (Fsp3) is 0.444. The Morgan fingerprint density at radius 3 is 2.73 bits per heavy atom. The summed E-state index contributed by atoms with van der Waals surface area (Å²) < 4.78 is 12.7. The van der Waals surface area contributed by atoms with E-state index in [9.17, 15) is 14.6 Å². The van der Waals surface area contributed by atoms with Crippen LogP contribution in [0.3, 0.4) is 0 Å². The van der Waals surface area contributed by atoms with Crippen LogP contribution in [-0.4, -0.2) is 27.1 Å². The van der Waals surface area contributed by atoms with Gasteiger partial charge in [0, 0.05) is 6.07 Å². The molecule has 1 heterocycles. The zero-order valence-electron chi connectivity index (χ0n) is 7.97. The highest BCUT2D eigenvalue weighted by atomic mass is 32.1. The van der Waals surface area contributed by atoms with E-state index in [1.54, 1.807) is 0 Å². The molecule has 84 valence electrons. The topological polar surface area (TPSA) is 79.4 Å². The minimum absolute atomic E-state index is 0.0284. The summed E-state index contributed by atoms with van der Waals surface area (Å²) >= 11 is 3.93. The number of hydrogen-bond acceptors (Lipinski definition) is 5. The van der Waals surface area contributed by atoms with Crippen molar-refractivity contribution < 1.29 is 14.6 Å². The second-order valence-corrected chi connectivity index (χ2v) is 3.60. The molecule has 0 radical (unpaired) electrons. The van der Waals surface area contributed by atoms with Crippen molar-refractivity contribution in [2.45, 2.75) is 18.6 Å². The summed E-state index contributed by atoms with van der Waals surface area (Å²) in [5.41, 5.74) is 5.58. The van der Waals surface area contributed by atoms with Crippen LogP contribution in [0.2, 0.25) is 0 Å². The van der Waals surface area contributed by atoms with Crippen LogP contribution in [-0.2, 0) is 0 Å². The number of aliphatic hydroxyl groups is 2. The minimum atomic E-state index is -1.21. The molecule has 0 aliphatic heterocycles. The van der Waals surface area contributed by atoms with Crippen molar-refractivity contribution in [1.29, 1.82) is 0 Å². The SMILES string of the molecule is Nc1cc(F)cnc1C(O)C(O)CCS. The van der Waals surface area contributed by atoms with Crippen molar-refractivity contribution in [3.63, 3.8) is 0 Å². The number of aromatic nitrogens is 1. The molecule has 4 nitrogen and oxygen atoms in total. The average molecular weight is 232 g/mol. The lowest BCUT2D eigenvalue weighted by Gasteiger charge is -2.17. The van der Waals surface area contributed by atoms with Crippen LogP contribution in [0.25, 0.3) is 0 Å². The van der Waals surface area contributed by atoms with E-state index in [2.05, 4.69) is 17.6 Å². The molecular formula is C9H13FN2O2S. The van der Waals surface area contributed by atoms with Crippen LogP contribution in [0.5, 0.6) is 0 Å². The van der Waals surface area contributed by atoms with Crippen molar-refractivity contribution in [2.75, 3.05) is 11.5 Å². The predicted molar refractivity (Wildman–Crippen MR) is 58.0 cm³/mol. The second kappa shape index (κ2) is 5.29. The molecule has 0 saturated heterocycles. The van der Waals surface area contributed by atoms with Gasteiger partial charge in [-0.25, -0.2) is 4.39 Å². The van der Waals surface area contributed by atoms with E-state index in [-0.39, 0.29) is 11.4 Å². The van der Waals surface area contributed by atoms with Crippen LogP contribution < -0.4 is 5.73 Å². The molecule has 0 aromatic carbocycles. The number of thiol groups is 1. The van der Waals surface area contributed by atoms with Gasteiger partial charge in [0.05, 0.1) is 23.7 Å². The summed E-state index contributed by atoms with van der Waals surface area (Å²) in [5, 5.41) is 19.1. The number of pyridine rings is 1. The van der Waals surface area contributed by atoms with Crippen LogP contribution in [0.15, 0.2) is 12.3 Å². The third-order valence-electron chi connectivity index (χ3n) is 1.99. The van der Waals surface area contributed by atoms with E-state index >= 15 is 0 Å². The van der Waals surface area contributed by atoms with Crippen molar-refractivity contribution in [3.8, 4) is 0 Å². The van der Waals surface area contributed by atoms with Gasteiger partial charge in [-0.05, 0) is 12.2 Å². The molecule has 1 aromatic heterocycles. The van der Waals surface area contributed by atoms with Gasteiger partial charge in [-0.1, -0.05) is 0 Å². The highest BCUT2D eigenvalue weighted by molar-refractivity contribution is 7.80. The first-order chi connectivity index (χ1) is 7.06. The Bertz CT molecular complexity index is 338. The largest absolute Gasteiger partial charge is 0.397 e. The summed E-state index contributed by atoms with van der Waals surface area (Å²) in [6.07, 6.45) is -0.953. The zero-order valence-corrected chi connectivity index (χ0v) is 8.86. The van der Waals surface area contributed by atoms with Gasteiger partial charge in [-0.15, -0.1) is 0 Å². The smallest absolute Gasteiger partial charge is 0.143 e. The van der Waals surface area contributed by atoms with Gasteiger partial charge in [0.15, 0.2) is 0 Å². The van der Waals surface area contributed by atoms with Crippen LogP contribution in [0.1, 0.15) is 18.2 Å². The summed E-state index contributed by atoms with van der Waals surface area (Å²) in [6.45, 7) is 0. The fourth-order valence-corrected chi connectivity index (χ4v) is 1.45. The maximum Gasteiger partial charge on any atom is 0.143 e. The first-order valence-corrected chi connectivity index (χ1v) is 5.07. The third kappa shape index (κ3) is 3.05. The lowest BCUT2D eigenvalue weighted by atomic mass is 10.1. The van der Waals surface area contributed by atoms with Crippen molar-refractivity contribution in [3.05, 3.63) is 23.8 Å². The minimum Gasteiger partial charge on any atom is -0.397 e. The molecule has 1 rings (SSSR count). The highest BCUT2D eigenvalue weighted by Crippen LogP contribution is 2.22. The Hall–Kier alpha value is -0.850. The number of rotatable bonds is 4. The van der Waals surface area contributed by atoms with Gasteiger partial charge >= 0.3 is 0 Å². The first-order valence-electron chi connectivity index (χ1n) is 4.44. The van der Waals surface area contributed by atoms with E-state index < -0.39 is 18.0 Å². The average Bonchev–Trinajstić information content (AvgIpc) is 2.17. The van der Waals surface area contributed by atoms with Gasteiger partial charge in [-0.2, -0.15) is 12.6 Å². The Morgan fingerprint density at radius 2 is 2.20 bits per heavy atom. The summed E-state index contributed by atoms with van der Waals surface area (Å²) in [4.78, 5) is 3.65. The second-order valence-electron chi connectivity index (χ2n) is 3.15. The Labute approximate surface area is 92.4 Å². The molecule has 15 heavy (non-hydrogen) atoms. The molecule has 2 atom stereocenters. The number of nitrogens with two attached hydrogens (primary N) is 1. The quantitative estimate of drug-likeness (QED) is 0.571. The van der Waals surface area contributed by atoms with Gasteiger partial charge < -0.3 is 15.9 Å². The Balaban J connectivity index is 2.86. The maximum absolute atomic E-state index is 12.7. The lowest BCUT2D eigenvalue weighted by Crippen LogP contribution is -2.21. The van der Waals surface area contributed by atoms with E-state index in [0.717, 1.165) is 12.3 Å². The first kappa shape index (κ1) is 12.2. The Morgan fingerprint density at radius 1 is 1.53 bits per heavy atom. The molecule has 0 bridgehead atoms. The Kier molecular flexibility index (Phi) is 4.31. The molecule has 0 aliphatic rings. The molecule has 6 heteroatoms. The number of anilines is 1. The highest BCUT2D eigenvalue weighted by Gasteiger charge is 2.21. The zero-order chi connectivity index (χ0) is 11.4. The van der Waals surface area contributed by atoms with Crippen LogP contribution >= 0.6 is 12.6 Å². The van der Waals surface area contributed by atoms with Crippen LogP contribution in [0.4, 0.5) is 10.1 Å². The molecule has 0 fully saturated rings. The summed E-state index contributed by atoms with van der Waals surface area (Å²) in [7, 11) is 0. The lowest BCUT2D eigenvalue weighted by molar-refractivity contribution is 0.0151. The van der Waals surface area contributed by atoms with Crippen molar-refractivity contribution in [1.82, 2.24) is 4.98 Å². The predicted octanol–water partition coefficient (Wildman–Crippen LogP) is 0.517. The molecule has 0 saturated carbocycles. The third-order valence-corrected chi connectivity index (χ3v) is 2.24. The number of halogens is 1. The summed E-state index contributed by atoms with van der Waals surface area (Å²) in [6, 6.07) is 1.05. The molecule has 1 aromatic rings. The molecule has 4 N–H and O–H groups in total. The molecular weight excluding hydrogens is 219 g/mol. The van der Waals surface area contributed by atoms with Gasteiger partial charge in [0.2, 0.25) is 0 Å². The molecule has 0 spiro atoms. The van der Waals surface area contributed by atoms with E-state index in [1.165, 1.54) is 0 Å². The van der Waals surface area contributed by atoms with E-state index in [0.29, 0.717) is 12.2 Å². The standard InChI is InChI=1S/C9H13FN2O2S/c10-5-3-6(11)8(12-4-5)9(14)7(13)1-2-15/h3-4,7,9,13-15H,1-2,11H2. The van der Waals surface area contributed by atoms with Gasteiger partial charge in [-0.3, -0.25) is 4.98 Å². The van der Waals surface area contributed by atoms with Crippen molar-refractivity contribution in [2.24, 2.45) is 0 Å². The van der Waals surface area contributed by atoms with E-state index in [4.69, 9.17) is 5.73 Å². The molecule has 2 unspecified atom stereocenters. The monoisotopic (exact) mass is 232 g/mol. The summed E-state index contributed by atoms with van der Waals surface area (Å²) in [5.74, 6) is -0.147.